The van der Waals surface area contributed by atoms with E-state index in [2.05, 4.69) is 37.3 Å². The third kappa shape index (κ3) is 6.62. The van der Waals surface area contributed by atoms with Crippen molar-refractivity contribution in [2.45, 2.75) is 38.5 Å². The van der Waals surface area contributed by atoms with E-state index >= 15 is 0 Å². The van der Waals surface area contributed by atoms with Gasteiger partial charge in [0.25, 0.3) is 0 Å². The van der Waals surface area contributed by atoms with Gasteiger partial charge in [-0.05, 0) is 31.7 Å². The molecule has 0 spiro atoms. The van der Waals surface area contributed by atoms with Crippen LogP contribution in [-0.2, 0) is 11.2 Å². The molecular weight excluding hydrogens is 196 g/mol. The summed E-state index contributed by atoms with van der Waals surface area (Å²) in [6, 6.07) is 10.7. The number of hydrogen-bond acceptors (Lipinski definition) is 1. The molecule has 0 aromatic heterocycles. The van der Waals surface area contributed by atoms with Gasteiger partial charge in [0.1, 0.15) is 0 Å². The molecule has 0 amide bonds. The number of aryl methyl sites for hydroxylation is 1. The average molecular weight is 219 g/mol. The van der Waals surface area contributed by atoms with E-state index in [0.717, 1.165) is 6.61 Å². The van der Waals surface area contributed by atoms with E-state index in [9.17, 15) is 0 Å². The molecule has 0 atom stereocenters. The fourth-order valence-electron chi connectivity index (χ4n) is 1.81. The Morgan fingerprint density at radius 2 is 1.56 bits per heavy atom. The van der Waals surface area contributed by atoms with Crippen LogP contribution >= 0.6 is 0 Å². The molecule has 0 aliphatic heterocycles. The summed E-state index contributed by atoms with van der Waals surface area (Å²) in [6.07, 6.45) is 7.65. The molecule has 0 heterocycles. The highest BCUT2D eigenvalue weighted by atomic mass is 16.5. The third-order valence-corrected chi connectivity index (χ3v) is 2.74. The Morgan fingerprint density at radius 3 is 2.31 bits per heavy atom. The van der Waals surface area contributed by atoms with E-state index in [0.29, 0.717) is 6.61 Å². The molecule has 0 aliphatic carbocycles. The first-order valence-electron chi connectivity index (χ1n) is 6.34. The summed E-state index contributed by atoms with van der Waals surface area (Å²) in [5.74, 6) is 0. The molecule has 0 aliphatic rings. The summed E-state index contributed by atoms with van der Waals surface area (Å²) in [5, 5.41) is 0. The maximum atomic E-state index is 5.20. The van der Waals surface area contributed by atoms with Crippen LogP contribution in [0.3, 0.4) is 0 Å². The maximum Gasteiger partial charge on any atom is 0.0466 e. The van der Waals surface area contributed by atoms with Crippen LogP contribution in [0.4, 0.5) is 0 Å². The van der Waals surface area contributed by atoms with Crippen LogP contribution in [0.15, 0.2) is 30.3 Å². The number of rotatable bonds is 9. The van der Waals surface area contributed by atoms with Gasteiger partial charge in [0.2, 0.25) is 0 Å². The van der Waals surface area contributed by atoms with Crippen molar-refractivity contribution in [2.24, 2.45) is 0 Å². The Labute approximate surface area is 99.8 Å². The topological polar surface area (TPSA) is 9.23 Å². The van der Waals surface area contributed by atoms with Gasteiger partial charge in [0.15, 0.2) is 0 Å². The molecule has 0 saturated heterocycles. The molecule has 0 unspecified atom stereocenters. The van der Waals surface area contributed by atoms with Crippen LogP contribution in [0, 0.1) is 6.92 Å². The lowest BCUT2D eigenvalue weighted by atomic mass is 10.1. The molecular formula is C15H23O. The van der Waals surface area contributed by atoms with Gasteiger partial charge < -0.3 is 4.74 Å². The van der Waals surface area contributed by atoms with E-state index in [1.54, 1.807) is 0 Å². The van der Waals surface area contributed by atoms with E-state index in [1.807, 2.05) is 0 Å². The minimum absolute atomic E-state index is 0.605. The van der Waals surface area contributed by atoms with Crippen molar-refractivity contribution in [3.05, 3.63) is 42.8 Å². The average Bonchev–Trinajstić information content (AvgIpc) is 2.34. The van der Waals surface area contributed by atoms with Gasteiger partial charge in [-0.1, -0.05) is 49.6 Å². The number of unbranched alkanes of at least 4 members (excludes halogenated alkanes) is 4. The largest absolute Gasteiger partial charge is 0.381 e. The Balaban J connectivity index is 1.89. The standard InChI is InChI=1S/C15H23O/c1-2-16-14-10-5-3-4-7-11-15-12-8-6-9-13-15/h6,8-9,12-13H,1-5,7,10-11,14H2. The molecule has 89 valence electrons. The van der Waals surface area contributed by atoms with Crippen LogP contribution in [0.25, 0.3) is 0 Å². The quantitative estimate of drug-likeness (QED) is 0.570. The van der Waals surface area contributed by atoms with E-state index in [4.69, 9.17) is 4.74 Å². The lowest BCUT2D eigenvalue weighted by molar-refractivity contribution is 0.156. The highest BCUT2D eigenvalue weighted by Crippen LogP contribution is 2.08. The summed E-state index contributed by atoms with van der Waals surface area (Å²) < 4.78 is 5.20. The summed E-state index contributed by atoms with van der Waals surface area (Å²) in [5.41, 5.74) is 1.46. The van der Waals surface area contributed by atoms with Gasteiger partial charge in [-0.3, -0.25) is 0 Å². The summed E-state index contributed by atoms with van der Waals surface area (Å²) >= 11 is 0. The van der Waals surface area contributed by atoms with Crippen LogP contribution in [0.5, 0.6) is 0 Å². The molecule has 0 fully saturated rings. The zero-order chi connectivity index (χ0) is 11.5. The van der Waals surface area contributed by atoms with Gasteiger partial charge in [-0.2, -0.15) is 0 Å². The van der Waals surface area contributed by atoms with Crippen molar-refractivity contribution in [3.63, 3.8) is 0 Å². The van der Waals surface area contributed by atoms with E-state index < -0.39 is 0 Å². The Bertz CT molecular complexity index is 243. The van der Waals surface area contributed by atoms with Gasteiger partial charge >= 0.3 is 0 Å². The van der Waals surface area contributed by atoms with Crippen molar-refractivity contribution in [3.8, 4) is 0 Å². The molecule has 1 nitrogen and oxygen atoms in total. The van der Waals surface area contributed by atoms with E-state index in [-0.39, 0.29) is 0 Å². The lowest BCUT2D eigenvalue weighted by Gasteiger charge is -2.02. The molecule has 0 N–H and O–H groups in total. The number of benzene rings is 1. The zero-order valence-corrected chi connectivity index (χ0v) is 10.2. The highest BCUT2D eigenvalue weighted by molar-refractivity contribution is 5.14. The molecule has 1 radical (unpaired) electrons. The molecule has 0 bridgehead atoms. The van der Waals surface area contributed by atoms with Crippen molar-refractivity contribution in [1.82, 2.24) is 0 Å². The van der Waals surface area contributed by atoms with Crippen molar-refractivity contribution < 1.29 is 4.74 Å². The van der Waals surface area contributed by atoms with Gasteiger partial charge in [0, 0.05) is 13.2 Å². The second kappa shape index (κ2) is 9.41. The second-order valence-corrected chi connectivity index (χ2v) is 4.12. The van der Waals surface area contributed by atoms with E-state index in [1.165, 1.54) is 44.1 Å². The fourth-order valence-corrected chi connectivity index (χ4v) is 1.81. The minimum Gasteiger partial charge on any atom is -0.381 e. The first-order chi connectivity index (χ1) is 7.93. The minimum atomic E-state index is 0.605. The molecule has 1 rings (SSSR count). The molecule has 1 heteroatoms. The fraction of sp³-hybridized carbons (Fsp3) is 0.533. The SMILES string of the molecule is [CH2]COCCCCCCCc1ccccc1. The predicted octanol–water partition coefficient (Wildman–Crippen LogP) is 4.03. The van der Waals surface area contributed by atoms with Crippen LogP contribution in [-0.4, -0.2) is 13.2 Å². The Kier molecular flexibility index (Phi) is 7.79. The van der Waals surface area contributed by atoms with Crippen LogP contribution in [0.2, 0.25) is 0 Å². The third-order valence-electron chi connectivity index (χ3n) is 2.74. The van der Waals surface area contributed by atoms with Crippen molar-refractivity contribution in [2.75, 3.05) is 13.2 Å². The van der Waals surface area contributed by atoms with Crippen LogP contribution in [0.1, 0.15) is 37.7 Å². The normalized spacial score (nSPS) is 10.6. The Morgan fingerprint density at radius 1 is 0.875 bits per heavy atom. The molecule has 0 saturated carbocycles. The summed E-state index contributed by atoms with van der Waals surface area (Å²) in [6.45, 7) is 5.13. The van der Waals surface area contributed by atoms with Gasteiger partial charge in [-0.25, -0.2) is 0 Å². The van der Waals surface area contributed by atoms with Gasteiger partial charge in [-0.15, -0.1) is 0 Å². The summed E-state index contributed by atoms with van der Waals surface area (Å²) in [4.78, 5) is 0. The molecule has 1 aromatic carbocycles. The first kappa shape index (κ1) is 13.2. The monoisotopic (exact) mass is 219 g/mol. The maximum absolute atomic E-state index is 5.20. The van der Waals surface area contributed by atoms with Crippen molar-refractivity contribution >= 4 is 0 Å². The lowest BCUT2D eigenvalue weighted by Crippen LogP contribution is -1.93. The highest BCUT2D eigenvalue weighted by Gasteiger charge is 1.93. The first-order valence-corrected chi connectivity index (χ1v) is 6.34. The second-order valence-electron chi connectivity index (χ2n) is 4.12. The van der Waals surface area contributed by atoms with Crippen LogP contribution < -0.4 is 0 Å². The zero-order valence-electron chi connectivity index (χ0n) is 10.2. The van der Waals surface area contributed by atoms with Crippen molar-refractivity contribution in [1.29, 1.82) is 0 Å². The summed E-state index contributed by atoms with van der Waals surface area (Å²) in [7, 11) is 0. The van der Waals surface area contributed by atoms with Gasteiger partial charge in [0.05, 0.1) is 0 Å². The number of hydrogen-bond donors (Lipinski definition) is 0. The Hall–Kier alpha value is -0.820. The smallest absolute Gasteiger partial charge is 0.0466 e. The predicted molar refractivity (Wildman–Crippen MR) is 69.4 cm³/mol. The molecule has 1 aromatic rings. The number of ether oxygens (including phenoxy) is 1. The molecule has 16 heavy (non-hydrogen) atoms.